The van der Waals surface area contributed by atoms with Crippen molar-refractivity contribution in [2.45, 2.75) is 27.7 Å². The Morgan fingerprint density at radius 1 is 1.57 bits per heavy atom. The fraction of sp³-hybridized carbons (Fsp3) is 0.636. The highest BCUT2D eigenvalue weighted by atomic mass is 16.5. The highest BCUT2D eigenvalue weighted by Gasteiger charge is 2.36. The second kappa shape index (κ2) is 4.80. The van der Waals surface area contributed by atoms with Crippen LogP contribution in [0.1, 0.15) is 27.7 Å². The Morgan fingerprint density at radius 3 is 2.36 bits per heavy atom. The van der Waals surface area contributed by atoms with Crippen molar-refractivity contribution in [1.29, 1.82) is 5.26 Å². The zero-order chi connectivity index (χ0) is 11.4. The molecule has 1 atom stereocenters. The maximum Gasteiger partial charge on any atom is 0.330 e. The van der Waals surface area contributed by atoms with Gasteiger partial charge in [-0.3, -0.25) is 0 Å². The molecule has 0 aromatic rings. The maximum atomic E-state index is 11.4. The van der Waals surface area contributed by atoms with Gasteiger partial charge in [-0.2, -0.15) is 5.26 Å². The number of hydrogen-bond acceptors (Lipinski definition) is 3. The van der Waals surface area contributed by atoms with E-state index in [2.05, 4.69) is 4.74 Å². The number of nitrogens with zero attached hydrogens (tertiary/aromatic N) is 1. The second-order valence-electron chi connectivity index (χ2n) is 3.82. The van der Waals surface area contributed by atoms with Crippen LogP contribution in [0.3, 0.4) is 0 Å². The van der Waals surface area contributed by atoms with E-state index in [0.29, 0.717) is 5.92 Å². The number of rotatable bonds is 3. The molecule has 0 heterocycles. The average molecular weight is 195 g/mol. The third-order valence-corrected chi connectivity index (χ3v) is 2.19. The third kappa shape index (κ3) is 2.59. The summed E-state index contributed by atoms with van der Waals surface area (Å²) in [6, 6.07) is 1.99. The van der Waals surface area contributed by atoms with Crippen LogP contribution in [-0.4, -0.2) is 13.1 Å². The highest BCUT2D eigenvalue weighted by molar-refractivity contribution is 5.83. The Kier molecular flexibility index (Phi) is 4.36. The fourth-order valence-corrected chi connectivity index (χ4v) is 1.17. The maximum absolute atomic E-state index is 11.4. The lowest BCUT2D eigenvalue weighted by Gasteiger charge is -2.20. The average Bonchev–Trinajstić information content (AvgIpc) is 2.14. The first-order chi connectivity index (χ1) is 6.38. The van der Waals surface area contributed by atoms with Gasteiger partial charge >= 0.3 is 5.97 Å². The van der Waals surface area contributed by atoms with Gasteiger partial charge in [0, 0.05) is 0 Å². The van der Waals surface area contributed by atoms with Crippen LogP contribution >= 0.6 is 0 Å². The van der Waals surface area contributed by atoms with E-state index < -0.39 is 11.4 Å². The molecule has 0 saturated heterocycles. The number of carbonyl (C=O) groups excluding carboxylic acids is 1. The minimum absolute atomic E-state index is 0.312. The Bertz CT molecular complexity index is 286. The van der Waals surface area contributed by atoms with Crippen LogP contribution in [-0.2, 0) is 9.53 Å². The molecular weight excluding hydrogens is 178 g/mol. The molecule has 0 spiro atoms. The smallest absolute Gasteiger partial charge is 0.330 e. The molecule has 0 aromatic carbocycles. The van der Waals surface area contributed by atoms with Gasteiger partial charge in [0.1, 0.15) is 0 Å². The molecule has 0 unspecified atom stereocenters. The lowest BCUT2D eigenvalue weighted by Crippen LogP contribution is -2.28. The van der Waals surface area contributed by atoms with Gasteiger partial charge in [-0.25, -0.2) is 4.79 Å². The Hall–Kier alpha value is -1.30. The summed E-state index contributed by atoms with van der Waals surface area (Å²) >= 11 is 0. The standard InChI is InChI=1S/C11H17NO2/c1-8(2)6-9(3)11(4,7-12)10(13)14-5/h6,8H,1-5H3/b9-6-/t11-/m1/s1. The number of esters is 1. The number of ether oxygens (including phenoxy) is 1. The van der Waals surface area contributed by atoms with Gasteiger partial charge in [0.25, 0.3) is 0 Å². The first-order valence-electron chi connectivity index (χ1n) is 4.57. The van der Waals surface area contributed by atoms with E-state index in [1.54, 1.807) is 13.8 Å². The van der Waals surface area contributed by atoms with Crippen LogP contribution in [0.15, 0.2) is 11.6 Å². The van der Waals surface area contributed by atoms with E-state index in [1.165, 1.54) is 7.11 Å². The molecule has 3 heteroatoms. The van der Waals surface area contributed by atoms with Crippen molar-refractivity contribution in [3.63, 3.8) is 0 Å². The summed E-state index contributed by atoms with van der Waals surface area (Å²) in [7, 11) is 1.29. The van der Waals surface area contributed by atoms with Crippen molar-refractivity contribution in [2.75, 3.05) is 7.11 Å². The number of carbonyl (C=O) groups is 1. The quantitative estimate of drug-likeness (QED) is 0.513. The van der Waals surface area contributed by atoms with Crippen molar-refractivity contribution in [3.8, 4) is 6.07 Å². The van der Waals surface area contributed by atoms with Crippen molar-refractivity contribution >= 4 is 5.97 Å². The summed E-state index contributed by atoms with van der Waals surface area (Å²) in [5.41, 5.74) is -0.416. The van der Waals surface area contributed by atoms with E-state index in [4.69, 9.17) is 5.26 Å². The van der Waals surface area contributed by atoms with E-state index in [-0.39, 0.29) is 0 Å². The molecule has 0 bridgehead atoms. The highest BCUT2D eigenvalue weighted by Crippen LogP contribution is 2.28. The van der Waals surface area contributed by atoms with Crippen molar-refractivity contribution in [1.82, 2.24) is 0 Å². The number of nitriles is 1. The molecule has 0 fully saturated rings. The van der Waals surface area contributed by atoms with Gasteiger partial charge in [-0.05, 0) is 25.3 Å². The topological polar surface area (TPSA) is 50.1 Å². The summed E-state index contributed by atoms with van der Waals surface area (Å²) in [5, 5.41) is 8.98. The van der Waals surface area contributed by atoms with Crippen LogP contribution in [0.2, 0.25) is 0 Å². The normalized spacial score (nSPS) is 15.9. The molecule has 0 amide bonds. The van der Waals surface area contributed by atoms with Gasteiger partial charge in [-0.15, -0.1) is 0 Å². The molecule has 0 aliphatic heterocycles. The Balaban J connectivity index is 5.08. The lowest BCUT2D eigenvalue weighted by molar-refractivity contribution is -0.146. The number of allylic oxidation sites excluding steroid dienone is 1. The first kappa shape index (κ1) is 12.7. The van der Waals surface area contributed by atoms with Crippen LogP contribution in [0.25, 0.3) is 0 Å². The van der Waals surface area contributed by atoms with Crippen molar-refractivity contribution < 1.29 is 9.53 Å². The first-order valence-corrected chi connectivity index (χ1v) is 4.57. The predicted molar refractivity (Wildman–Crippen MR) is 54.3 cm³/mol. The molecule has 3 nitrogen and oxygen atoms in total. The van der Waals surface area contributed by atoms with E-state index >= 15 is 0 Å². The molecule has 14 heavy (non-hydrogen) atoms. The van der Waals surface area contributed by atoms with E-state index in [0.717, 1.165) is 5.57 Å². The molecule has 0 aliphatic carbocycles. The van der Waals surface area contributed by atoms with E-state index in [1.807, 2.05) is 26.0 Å². The van der Waals surface area contributed by atoms with Crippen LogP contribution in [0.4, 0.5) is 0 Å². The Labute approximate surface area is 85.4 Å². The molecule has 0 aromatic heterocycles. The fourth-order valence-electron chi connectivity index (χ4n) is 1.17. The van der Waals surface area contributed by atoms with Gasteiger partial charge in [0.2, 0.25) is 0 Å². The molecule has 0 saturated carbocycles. The SMILES string of the molecule is COC(=O)[C@](C)(C#N)/C(C)=C\C(C)C. The summed E-state index contributed by atoms with van der Waals surface area (Å²) in [4.78, 5) is 11.4. The van der Waals surface area contributed by atoms with Gasteiger partial charge in [0.15, 0.2) is 5.41 Å². The second-order valence-corrected chi connectivity index (χ2v) is 3.82. The molecule has 0 N–H and O–H groups in total. The zero-order valence-electron chi connectivity index (χ0n) is 9.42. The summed E-state index contributed by atoms with van der Waals surface area (Å²) in [5.74, 6) is -0.193. The summed E-state index contributed by atoms with van der Waals surface area (Å²) in [6.45, 7) is 7.35. The minimum Gasteiger partial charge on any atom is -0.468 e. The monoisotopic (exact) mass is 195 g/mol. The molecule has 78 valence electrons. The zero-order valence-corrected chi connectivity index (χ0v) is 9.42. The third-order valence-electron chi connectivity index (χ3n) is 2.19. The summed E-state index contributed by atoms with van der Waals surface area (Å²) in [6.07, 6.45) is 1.90. The largest absolute Gasteiger partial charge is 0.468 e. The van der Waals surface area contributed by atoms with E-state index in [9.17, 15) is 4.79 Å². The molecular formula is C11H17NO2. The van der Waals surface area contributed by atoms with Crippen LogP contribution < -0.4 is 0 Å². The predicted octanol–water partition coefficient (Wildman–Crippen LogP) is 2.29. The van der Waals surface area contributed by atoms with Crippen LogP contribution in [0, 0.1) is 22.7 Å². The number of hydrogen-bond donors (Lipinski definition) is 0. The van der Waals surface area contributed by atoms with Crippen LogP contribution in [0.5, 0.6) is 0 Å². The minimum atomic E-state index is -1.15. The van der Waals surface area contributed by atoms with Gasteiger partial charge in [0.05, 0.1) is 13.2 Å². The summed E-state index contributed by atoms with van der Waals surface area (Å²) < 4.78 is 4.61. The Morgan fingerprint density at radius 2 is 2.07 bits per heavy atom. The lowest BCUT2D eigenvalue weighted by atomic mass is 9.83. The van der Waals surface area contributed by atoms with Crippen molar-refractivity contribution in [2.24, 2.45) is 11.3 Å². The van der Waals surface area contributed by atoms with Crippen molar-refractivity contribution in [3.05, 3.63) is 11.6 Å². The van der Waals surface area contributed by atoms with Gasteiger partial charge < -0.3 is 4.74 Å². The molecule has 0 rings (SSSR count). The van der Waals surface area contributed by atoms with Gasteiger partial charge in [-0.1, -0.05) is 19.9 Å². The molecule has 0 radical (unpaired) electrons. The molecule has 0 aliphatic rings. The number of methoxy groups -OCH3 is 1.